The summed E-state index contributed by atoms with van der Waals surface area (Å²) in [5.74, 6) is 1.27. The second-order valence-electron chi connectivity index (χ2n) is 6.00. The molecule has 1 fully saturated rings. The Morgan fingerprint density at radius 1 is 1.12 bits per heavy atom. The molecule has 136 valence electrons. The quantitative estimate of drug-likeness (QED) is 0.774. The summed E-state index contributed by atoms with van der Waals surface area (Å²) in [6.07, 6.45) is 3.30. The molecular weight excluding hydrogens is 330 g/mol. The van der Waals surface area contributed by atoms with Gasteiger partial charge in [-0.2, -0.15) is 0 Å². The number of morpholine rings is 1. The molecule has 0 N–H and O–H groups in total. The van der Waals surface area contributed by atoms with Crippen LogP contribution < -0.4 is 9.47 Å². The van der Waals surface area contributed by atoms with E-state index in [9.17, 15) is 4.79 Å². The number of amides is 1. The number of hydrogen-bond donors (Lipinski definition) is 0. The van der Waals surface area contributed by atoms with Gasteiger partial charge < -0.3 is 19.1 Å². The molecule has 0 bridgehead atoms. The van der Waals surface area contributed by atoms with Crippen molar-refractivity contribution in [2.45, 2.75) is 6.10 Å². The van der Waals surface area contributed by atoms with Gasteiger partial charge in [-0.25, -0.2) is 0 Å². The summed E-state index contributed by atoms with van der Waals surface area (Å²) in [6, 6.07) is 15.5. The van der Waals surface area contributed by atoms with Crippen molar-refractivity contribution in [2.75, 3.05) is 33.9 Å². The van der Waals surface area contributed by atoms with Gasteiger partial charge in [-0.3, -0.25) is 4.79 Å². The fourth-order valence-corrected chi connectivity index (χ4v) is 2.95. The van der Waals surface area contributed by atoms with Crippen LogP contribution in [0.2, 0.25) is 0 Å². The molecule has 1 saturated heterocycles. The molecule has 2 aromatic rings. The number of nitrogens with zero attached hydrogens (tertiary/aromatic N) is 1. The Morgan fingerprint density at radius 3 is 2.62 bits per heavy atom. The number of ether oxygens (including phenoxy) is 3. The van der Waals surface area contributed by atoms with Crippen LogP contribution in [0.1, 0.15) is 17.2 Å². The maximum absolute atomic E-state index is 12.6. The average Bonchev–Trinajstić information content (AvgIpc) is 2.72. The molecule has 0 saturated carbocycles. The number of methoxy groups -OCH3 is 2. The van der Waals surface area contributed by atoms with Crippen molar-refractivity contribution in [1.29, 1.82) is 0 Å². The number of carbonyl (C=O) groups is 1. The Bertz CT molecular complexity index is 773. The number of rotatable bonds is 5. The molecule has 0 radical (unpaired) electrons. The van der Waals surface area contributed by atoms with E-state index < -0.39 is 0 Å². The Morgan fingerprint density at radius 2 is 1.88 bits per heavy atom. The van der Waals surface area contributed by atoms with E-state index in [4.69, 9.17) is 14.2 Å². The van der Waals surface area contributed by atoms with Crippen LogP contribution in [-0.2, 0) is 9.53 Å². The molecule has 5 heteroatoms. The van der Waals surface area contributed by atoms with E-state index in [2.05, 4.69) is 0 Å². The van der Waals surface area contributed by atoms with E-state index in [1.54, 1.807) is 26.4 Å². The van der Waals surface area contributed by atoms with Gasteiger partial charge in [0.2, 0.25) is 5.91 Å². The standard InChI is InChI=1S/C21H23NO4/c1-24-18-10-8-16(14-19(18)25-2)9-11-21(23)22-12-13-26-20(15-22)17-6-4-3-5-7-17/h3-11,14,20H,12-13,15H2,1-2H3/b11-9+/t20-/m0/s1. The van der Waals surface area contributed by atoms with Gasteiger partial charge in [-0.05, 0) is 29.3 Å². The first-order valence-corrected chi connectivity index (χ1v) is 8.57. The molecule has 1 aliphatic heterocycles. The van der Waals surface area contributed by atoms with E-state index in [0.29, 0.717) is 31.2 Å². The van der Waals surface area contributed by atoms with E-state index in [1.165, 1.54) is 0 Å². The maximum Gasteiger partial charge on any atom is 0.246 e. The summed E-state index contributed by atoms with van der Waals surface area (Å²) < 4.78 is 16.3. The summed E-state index contributed by atoms with van der Waals surface area (Å²) in [5.41, 5.74) is 1.97. The highest BCUT2D eigenvalue weighted by Gasteiger charge is 2.24. The molecule has 3 rings (SSSR count). The summed E-state index contributed by atoms with van der Waals surface area (Å²) in [4.78, 5) is 14.4. The third kappa shape index (κ3) is 4.24. The van der Waals surface area contributed by atoms with Crippen molar-refractivity contribution in [3.05, 3.63) is 65.7 Å². The van der Waals surface area contributed by atoms with Gasteiger partial charge in [-0.1, -0.05) is 36.4 Å². The first-order chi connectivity index (χ1) is 12.7. The normalized spacial score (nSPS) is 17.3. The Labute approximate surface area is 153 Å². The smallest absolute Gasteiger partial charge is 0.246 e. The SMILES string of the molecule is COc1ccc(/C=C/C(=O)N2CCO[C@H](c3ccccc3)C2)cc1OC. The Kier molecular flexibility index (Phi) is 5.92. The fraction of sp³-hybridized carbons (Fsp3) is 0.286. The summed E-state index contributed by atoms with van der Waals surface area (Å²) in [5, 5.41) is 0. The summed E-state index contributed by atoms with van der Waals surface area (Å²) >= 11 is 0. The lowest BCUT2D eigenvalue weighted by molar-refractivity contribution is -0.133. The lowest BCUT2D eigenvalue weighted by Gasteiger charge is -2.32. The zero-order valence-electron chi connectivity index (χ0n) is 15.1. The monoisotopic (exact) mass is 353 g/mol. The molecule has 26 heavy (non-hydrogen) atoms. The van der Waals surface area contributed by atoms with E-state index >= 15 is 0 Å². The predicted molar refractivity (Wildman–Crippen MR) is 100 cm³/mol. The maximum atomic E-state index is 12.6. The van der Waals surface area contributed by atoms with Crippen LogP contribution in [0, 0.1) is 0 Å². The van der Waals surface area contributed by atoms with Gasteiger partial charge in [0.25, 0.3) is 0 Å². The molecule has 1 aliphatic rings. The largest absolute Gasteiger partial charge is 0.493 e. The highest BCUT2D eigenvalue weighted by Crippen LogP contribution is 2.28. The molecule has 5 nitrogen and oxygen atoms in total. The minimum atomic E-state index is -0.0802. The van der Waals surface area contributed by atoms with Crippen molar-refractivity contribution < 1.29 is 19.0 Å². The van der Waals surface area contributed by atoms with Gasteiger partial charge >= 0.3 is 0 Å². The van der Waals surface area contributed by atoms with Crippen molar-refractivity contribution >= 4 is 12.0 Å². The highest BCUT2D eigenvalue weighted by molar-refractivity contribution is 5.92. The van der Waals surface area contributed by atoms with Crippen molar-refractivity contribution in [2.24, 2.45) is 0 Å². The molecule has 0 aliphatic carbocycles. The molecule has 2 aromatic carbocycles. The van der Waals surface area contributed by atoms with Gasteiger partial charge in [0.05, 0.1) is 27.4 Å². The summed E-state index contributed by atoms with van der Waals surface area (Å²) in [7, 11) is 3.19. The fourth-order valence-electron chi connectivity index (χ4n) is 2.95. The van der Waals surface area contributed by atoms with E-state index in [1.807, 2.05) is 53.4 Å². The average molecular weight is 353 g/mol. The lowest BCUT2D eigenvalue weighted by atomic mass is 10.1. The van der Waals surface area contributed by atoms with Gasteiger partial charge in [0, 0.05) is 12.6 Å². The zero-order chi connectivity index (χ0) is 18.4. The first-order valence-electron chi connectivity index (χ1n) is 8.57. The van der Waals surface area contributed by atoms with Gasteiger partial charge in [0.15, 0.2) is 11.5 Å². The van der Waals surface area contributed by atoms with Crippen LogP contribution in [-0.4, -0.2) is 44.7 Å². The minimum absolute atomic E-state index is 0.0241. The highest BCUT2D eigenvalue weighted by atomic mass is 16.5. The van der Waals surface area contributed by atoms with E-state index in [-0.39, 0.29) is 12.0 Å². The van der Waals surface area contributed by atoms with Crippen LogP contribution in [0.3, 0.4) is 0 Å². The minimum Gasteiger partial charge on any atom is -0.493 e. The molecule has 0 spiro atoms. The third-order valence-electron chi connectivity index (χ3n) is 4.38. The molecule has 1 atom stereocenters. The van der Waals surface area contributed by atoms with Crippen molar-refractivity contribution in [3.8, 4) is 11.5 Å². The number of hydrogen-bond acceptors (Lipinski definition) is 4. The predicted octanol–water partition coefficient (Wildman–Crippen LogP) is 3.32. The number of carbonyl (C=O) groups excluding carboxylic acids is 1. The Balaban J connectivity index is 1.66. The molecular formula is C21H23NO4. The third-order valence-corrected chi connectivity index (χ3v) is 4.38. The molecule has 1 heterocycles. The van der Waals surface area contributed by atoms with Crippen molar-refractivity contribution in [1.82, 2.24) is 4.90 Å². The second-order valence-corrected chi connectivity index (χ2v) is 6.00. The van der Waals surface area contributed by atoms with Crippen LogP contribution in [0.5, 0.6) is 11.5 Å². The lowest BCUT2D eigenvalue weighted by Crippen LogP contribution is -2.41. The van der Waals surface area contributed by atoms with Crippen LogP contribution in [0.15, 0.2) is 54.6 Å². The number of benzene rings is 2. The van der Waals surface area contributed by atoms with Crippen LogP contribution in [0.25, 0.3) is 6.08 Å². The van der Waals surface area contributed by atoms with Crippen LogP contribution in [0.4, 0.5) is 0 Å². The molecule has 0 aromatic heterocycles. The van der Waals surface area contributed by atoms with Gasteiger partial charge in [0.1, 0.15) is 6.10 Å². The second kappa shape index (κ2) is 8.54. The zero-order valence-corrected chi connectivity index (χ0v) is 15.1. The first kappa shape index (κ1) is 18.0. The van der Waals surface area contributed by atoms with Crippen LogP contribution >= 0.6 is 0 Å². The molecule has 0 unspecified atom stereocenters. The van der Waals surface area contributed by atoms with E-state index in [0.717, 1.165) is 11.1 Å². The molecule has 1 amide bonds. The Hall–Kier alpha value is -2.79. The van der Waals surface area contributed by atoms with Crippen molar-refractivity contribution in [3.63, 3.8) is 0 Å². The van der Waals surface area contributed by atoms with Gasteiger partial charge in [-0.15, -0.1) is 0 Å². The summed E-state index contributed by atoms with van der Waals surface area (Å²) in [6.45, 7) is 1.69. The topological polar surface area (TPSA) is 48.0 Å².